The van der Waals surface area contributed by atoms with Gasteiger partial charge in [-0.2, -0.15) is 0 Å². The summed E-state index contributed by atoms with van der Waals surface area (Å²) in [7, 11) is 0. The van der Waals surface area contributed by atoms with Gasteiger partial charge in [0, 0.05) is 9.37 Å². The summed E-state index contributed by atoms with van der Waals surface area (Å²) in [5.74, 6) is 1.86. The lowest BCUT2D eigenvalue weighted by atomic mass is 10.2. The van der Waals surface area contributed by atoms with Crippen LogP contribution in [-0.2, 0) is 6.61 Å². The van der Waals surface area contributed by atoms with Crippen LogP contribution in [0.1, 0.15) is 25.8 Å². The van der Waals surface area contributed by atoms with Crippen molar-refractivity contribution in [2.45, 2.75) is 31.8 Å². The van der Waals surface area contributed by atoms with E-state index in [0.29, 0.717) is 0 Å². The van der Waals surface area contributed by atoms with Crippen molar-refractivity contribution in [3.05, 3.63) is 28.2 Å². The second kappa shape index (κ2) is 6.56. The molecule has 0 atom stereocenters. The minimum absolute atomic E-state index is 0.115. The molecule has 0 aliphatic carbocycles. The summed E-state index contributed by atoms with van der Waals surface area (Å²) in [4.78, 5) is 1.20. The molecule has 0 aromatic heterocycles. The van der Waals surface area contributed by atoms with Crippen LogP contribution in [0.2, 0.25) is 0 Å². The van der Waals surface area contributed by atoms with Crippen molar-refractivity contribution in [1.29, 1.82) is 0 Å². The Labute approximate surface area is 104 Å². The topological polar surface area (TPSA) is 20.2 Å². The quantitative estimate of drug-likeness (QED) is 0.824. The molecule has 0 saturated carbocycles. The van der Waals surface area contributed by atoms with Crippen molar-refractivity contribution in [3.63, 3.8) is 0 Å². The molecule has 84 valence electrons. The van der Waals surface area contributed by atoms with E-state index in [4.69, 9.17) is 0 Å². The van der Waals surface area contributed by atoms with Gasteiger partial charge >= 0.3 is 0 Å². The summed E-state index contributed by atoms with van der Waals surface area (Å²) in [6, 6.07) is 6.08. The number of aliphatic hydroxyl groups excluding tert-OH is 1. The molecule has 0 spiro atoms. The monoisotopic (exact) mass is 288 g/mol. The molecule has 3 heteroatoms. The van der Waals surface area contributed by atoms with Gasteiger partial charge in [-0.1, -0.05) is 29.8 Å². The van der Waals surface area contributed by atoms with Crippen molar-refractivity contribution >= 4 is 27.7 Å². The predicted molar refractivity (Wildman–Crippen MR) is 70.2 cm³/mol. The van der Waals surface area contributed by atoms with E-state index in [0.717, 1.165) is 21.7 Å². The van der Waals surface area contributed by atoms with Crippen molar-refractivity contribution in [1.82, 2.24) is 0 Å². The molecule has 1 rings (SSSR count). The third-order valence-corrected chi connectivity index (χ3v) is 3.79. The second-order valence-corrected chi connectivity index (χ2v) is 5.99. The van der Waals surface area contributed by atoms with Gasteiger partial charge < -0.3 is 5.11 Å². The standard InChI is InChI=1S/C12H17BrOS/c1-9(2)5-6-15-12-4-3-11(13)7-10(12)8-14/h3-4,7,9,14H,5-6,8H2,1-2H3. The van der Waals surface area contributed by atoms with Crippen LogP contribution in [0.3, 0.4) is 0 Å². The van der Waals surface area contributed by atoms with Gasteiger partial charge in [0.25, 0.3) is 0 Å². The Kier molecular flexibility index (Phi) is 5.72. The van der Waals surface area contributed by atoms with Gasteiger partial charge in [0.2, 0.25) is 0 Å². The van der Waals surface area contributed by atoms with Crippen molar-refractivity contribution in [3.8, 4) is 0 Å². The molecular formula is C12H17BrOS. The third kappa shape index (κ3) is 4.58. The lowest BCUT2D eigenvalue weighted by Gasteiger charge is -2.08. The zero-order valence-corrected chi connectivity index (χ0v) is 11.6. The molecule has 0 aliphatic rings. The Bertz CT molecular complexity index is 312. The highest BCUT2D eigenvalue weighted by Crippen LogP contribution is 2.27. The number of benzene rings is 1. The maximum atomic E-state index is 9.22. The van der Waals surface area contributed by atoms with Crippen molar-refractivity contribution < 1.29 is 5.11 Å². The first-order valence-electron chi connectivity index (χ1n) is 5.15. The lowest BCUT2D eigenvalue weighted by molar-refractivity contribution is 0.279. The average Bonchev–Trinajstić information content (AvgIpc) is 2.19. The van der Waals surface area contributed by atoms with Crippen LogP contribution in [-0.4, -0.2) is 10.9 Å². The fraction of sp³-hybridized carbons (Fsp3) is 0.500. The van der Waals surface area contributed by atoms with E-state index in [9.17, 15) is 5.11 Å². The highest BCUT2D eigenvalue weighted by atomic mass is 79.9. The molecule has 0 amide bonds. The summed E-state index contributed by atoms with van der Waals surface area (Å²) >= 11 is 5.24. The first-order chi connectivity index (χ1) is 7.13. The summed E-state index contributed by atoms with van der Waals surface area (Å²) in [6.07, 6.45) is 1.21. The van der Waals surface area contributed by atoms with Gasteiger partial charge in [0.05, 0.1) is 6.61 Å². The second-order valence-electron chi connectivity index (χ2n) is 3.94. The highest BCUT2D eigenvalue weighted by molar-refractivity contribution is 9.10. The van der Waals surface area contributed by atoms with E-state index in [-0.39, 0.29) is 6.61 Å². The fourth-order valence-electron chi connectivity index (χ4n) is 1.22. The predicted octanol–water partition coefficient (Wildman–Crippen LogP) is 4.08. The first-order valence-corrected chi connectivity index (χ1v) is 6.93. The Morgan fingerprint density at radius 3 is 2.73 bits per heavy atom. The highest BCUT2D eigenvalue weighted by Gasteiger charge is 2.03. The molecule has 0 unspecified atom stereocenters. The van der Waals surface area contributed by atoms with E-state index in [1.165, 1.54) is 11.3 Å². The van der Waals surface area contributed by atoms with E-state index in [2.05, 4.69) is 35.8 Å². The molecule has 1 aromatic rings. The summed E-state index contributed by atoms with van der Waals surface area (Å²) < 4.78 is 1.03. The van der Waals surface area contributed by atoms with Gasteiger partial charge in [-0.05, 0) is 41.9 Å². The Morgan fingerprint density at radius 1 is 1.40 bits per heavy atom. The van der Waals surface area contributed by atoms with E-state index < -0.39 is 0 Å². The zero-order chi connectivity index (χ0) is 11.3. The number of aliphatic hydroxyl groups is 1. The molecule has 1 N–H and O–H groups in total. The molecule has 0 aliphatic heterocycles. The molecule has 15 heavy (non-hydrogen) atoms. The zero-order valence-electron chi connectivity index (χ0n) is 9.16. The maximum absolute atomic E-state index is 9.22. The van der Waals surface area contributed by atoms with Crippen LogP contribution in [0.5, 0.6) is 0 Å². The normalized spacial score (nSPS) is 11.0. The van der Waals surface area contributed by atoms with E-state index >= 15 is 0 Å². The van der Waals surface area contributed by atoms with Gasteiger partial charge in [0.1, 0.15) is 0 Å². The summed E-state index contributed by atoms with van der Waals surface area (Å²) in [5.41, 5.74) is 1.01. The van der Waals surface area contributed by atoms with Crippen LogP contribution >= 0.6 is 27.7 Å². The van der Waals surface area contributed by atoms with Crippen LogP contribution in [0.15, 0.2) is 27.6 Å². The Morgan fingerprint density at radius 2 is 2.13 bits per heavy atom. The first kappa shape index (κ1) is 13.1. The van der Waals surface area contributed by atoms with Gasteiger partial charge in [-0.25, -0.2) is 0 Å². The SMILES string of the molecule is CC(C)CCSc1ccc(Br)cc1CO. The Balaban J connectivity index is 2.60. The number of rotatable bonds is 5. The molecular weight excluding hydrogens is 272 g/mol. The summed E-state index contributed by atoms with van der Waals surface area (Å²) in [6.45, 7) is 4.58. The molecule has 0 heterocycles. The van der Waals surface area contributed by atoms with Gasteiger partial charge in [-0.3, -0.25) is 0 Å². The minimum atomic E-state index is 0.115. The summed E-state index contributed by atoms with van der Waals surface area (Å²) in [5, 5.41) is 9.22. The number of halogens is 1. The molecule has 0 bridgehead atoms. The van der Waals surface area contributed by atoms with Gasteiger partial charge in [-0.15, -0.1) is 11.8 Å². The van der Waals surface area contributed by atoms with E-state index in [1.807, 2.05) is 23.9 Å². The largest absolute Gasteiger partial charge is 0.392 e. The van der Waals surface area contributed by atoms with Gasteiger partial charge in [0.15, 0.2) is 0 Å². The Hall–Kier alpha value is 0.01000. The van der Waals surface area contributed by atoms with E-state index in [1.54, 1.807) is 0 Å². The fourth-order valence-corrected chi connectivity index (χ4v) is 2.91. The molecule has 0 radical (unpaired) electrons. The van der Waals surface area contributed by atoms with Crippen LogP contribution in [0, 0.1) is 5.92 Å². The lowest BCUT2D eigenvalue weighted by Crippen LogP contribution is -1.92. The smallest absolute Gasteiger partial charge is 0.0693 e. The number of hydrogen-bond acceptors (Lipinski definition) is 2. The van der Waals surface area contributed by atoms with Crippen LogP contribution < -0.4 is 0 Å². The minimum Gasteiger partial charge on any atom is -0.392 e. The van der Waals surface area contributed by atoms with Crippen molar-refractivity contribution in [2.75, 3.05) is 5.75 Å². The van der Waals surface area contributed by atoms with Crippen molar-refractivity contribution in [2.24, 2.45) is 5.92 Å². The van der Waals surface area contributed by atoms with Crippen LogP contribution in [0.25, 0.3) is 0 Å². The number of thioether (sulfide) groups is 1. The maximum Gasteiger partial charge on any atom is 0.0693 e. The molecule has 0 fully saturated rings. The third-order valence-electron chi connectivity index (χ3n) is 2.15. The molecule has 0 saturated heterocycles. The molecule has 1 aromatic carbocycles. The average molecular weight is 289 g/mol. The molecule has 1 nitrogen and oxygen atoms in total. The number of hydrogen-bond donors (Lipinski definition) is 1. The van der Waals surface area contributed by atoms with Crippen LogP contribution in [0.4, 0.5) is 0 Å².